The molecule has 3 heterocycles. The molecule has 0 spiro atoms. The molecule has 1 aromatic carbocycles. The van der Waals surface area contributed by atoms with Gasteiger partial charge >= 0.3 is 0 Å². The molecule has 3 aromatic rings. The van der Waals surface area contributed by atoms with E-state index in [-0.39, 0.29) is 11.5 Å². The molecule has 0 radical (unpaired) electrons. The molecule has 2 atom stereocenters. The predicted octanol–water partition coefficient (Wildman–Crippen LogP) is 5.15. The van der Waals surface area contributed by atoms with Crippen molar-refractivity contribution >= 4 is 39.2 Å². The van der Waals surface area contributed by atoms with Crippen molar-refractivity contribution in [1.29, 1.82) is 0 Å². The molecule has 1 aliphatic heterocycles. The summed E-state index contributed by atoms with van der Waals surface area (Å²) in [6.45, 7) is 10.2. The SMILES string of the molecule is Cc1ccc(-n2c(SCC(=O)N3C[C@H](C)C[C@H](C)C3)nc3sc4c(c3c2=O)CCC4)c(C)c1. The van der Waals surface area contributed by atoms with E-state index >= 15 is 0 Å². The summed E-state index contributed by atoms with van der Waals surface area (Å²) < 4.78 is 1.75. The normalized spacial score (nSPS) is 20.4. The fourth-order valence-corrected chi connectivity index (χ4v) is 7.69. The minimum absolute atomic E-state index is 0.00141. The van der Waals surface area contributed by atoms with Gasteiger partial charge in [0.2, 0.25) is 5.91 Å². The fourth-order valence-electron chi connectivity index (χ4n) is 5.47. The van der Waals surface area contributed by atoms with Gasteiger partial charge < -0.3 is 4.90 Å². The van der Waals surface area contributed by atoms with Crippen LogP contribution in [0, 0.1) is 25.7 Å². The highest BCUT2D eigenvalue weighted by molar-refractivity contribution is 7.99. The number of fused-ring (bicyclic) bond motifs is 3. The highest BCUT2D eigenvalue weighted by atomic mass is 32.2. The number of aryl methyl sites for hydroxylation is 4. The van der Waals surface area contributed by atoms with E-state index in [9.17, 15) is 9.59 Å². The number of thioether (sulfide) groups is 1. The van der Waals surface area contributed by atoms with E-state index in [4.69, 9.17) is 4.98 Å². The molecule has 1 saturated heterocycles. The fraction of sp³-hybridized carbons (Fsp3) is 0.500. The van der Waals surface area contributed by atoms with E-state index in [1.165, 1.54) is 28.6 Å². The van der Waals surface area contributed by atoms with Gasteiger partial charge in [-0.25, -0.2) is 4.98 Å². The topological polar surface area (TPSA) is 55.2 Å². The molecule has 5 rings (SSSR count). The van der Waals surface area contributed by atoms with Crippen molar-refractivity contribution in [3.05, 3.63) is 50.1 Å². The van der Waals surface area contributed by atoms with Gasteiger partial charge in [-0.05, 0) is 68.6 Å². The number of piperidine rings is 1. The van der Waals surface area contributed by atoms with Crippen molar-refractivity contribution < 1.29 is 4.79 Å². The van der Waals surface area contributed by atoms with Crippen LogP contribution < -0.4 is 5.56 Å². The second-order valence-corrected chi connectivity index (χ2v) is 11.9. The van der Waals surface area contributed by atoms with Crippen molar-refractivity contribution in [1.82, 2.24) is 14.5 Å². The Morgan fingerprint density at radius 3 is 2.67 bits per heavy atom. The second-order valence-electron chi connectivity index (χ2n) is 9.90. The molecule has 2 aromatic heterocycles. The summed E-state index contributed by atoms with van der Waals surface area (Å²) in [4.78, 5) is 36.0. The van der Waals surface area contributed by atoms with Crippen molar-refractivity contribution in [3.63, 3.8) is 0 Å². The molecule has 7 heteroatoms. The van der Waals surface area contributed by atoms with Crippen LogP contribution in [-0.4, -0.2) is 39.2 Å². The Balaban J connectivity index is 1.55. The molecule has 0 saturated carbocycles. The molecule has 0 unspecified atom stereocenters. The molecule has 1 aliphatic carbocycles. The van der Waals surface area contributed by atoms with Crippen LogP contribution in [0.25, 0.3) is 15.9 Å². The van der Waals surface area contributed by atoms with Gasteiger partial charge in [0.25, 0.3) is 5.56 Å². The van der Waals surface area contributed by atoms with Gasteiger partial charge in [-0.3, -0.25) is 14.2 Å². The number of likely N-dealkylation sites (tertiary alicyclic amines) is 1. The summed E-state index contributed by atoms with van der Waals surface area (Å²) in [7, 11) is 0. The molecule has 2 aliphatic rings. The van der Waals surface area contributed by atoms with E-state index in [0.29, 0.717) is 22.7 Å². The van der Waals surface area contributed by atoms with Crippen LogP contribution in [-0.2, 0) is 17.6 Å². The second kappa shape index (κ2) is 8.91. The van der Waals surface area contributed by atoms with Crippen molar-refractivity contribution in [2.75, 3.05) is 18.8 Å². The third kappa shape index (κ3) is 4.26. The van der Waals surface area contributed by atoms with Gasteiger partial charge in [0.15, 0.2) is 5.16 Å². The Kier molecular flexibility index (Phi) is 6.12. The van der Waals surface area contributed by atoms with Crippen LogP contribution in [0.1, 0.15) is 48.3 Å². The average molecular weight is 482 g/mol. The monoisotopic (exact) mass is 481 g/mol. The van der Waals surface area contributed by atoms with Gasteiger partial charge in [-0.1, -0.05) is 43.3 Å². The first-order chi connectivity index (χ1) is 15.8. The van der Waals surface area contributed by atoms with E-state index < -0.39 is 0 Å². The van der Waals surface area contributed by atoms with Gasteiger partial charge in [-0.15, -0.1) is 11.3 Å². The van der Waals surface area contributed by atoms with Crippen LogP contribution in [0.15, 0.2) is 28.2 Å². The van der Waals surface area contributed by atoms with Crippen molar-refractivity contribution in [3.8, 4) is 5.69 Å². The Morgan fingerprint density at radius 2 is 1.94 bits per heavy atom. The number of aromatic nitrogens is 2. The first-order valence-electron chi connectivity index (χ1n) is 11.9. The lowest BCUT2D eigenvalue weighted by Gasteiger charge is -2.35. The zero-order chi connectivity index (χ0) is 23.3. The summed E-state index contributed by atoms with van der Waals surface area (Å²) in [6.07, 6.45) is 4.27. The molecular formula is C26H31N3O2S2. The van der Waals surface area contributed by atoms with Crippen LogP contribution in [0.5, 0.6) is 0 Å². The van der Waals surface area contributed by atoms with Crippen LogP contribution >= 0.6 is 23.1 Å². The van der Waals surface area contributed by atoms with Gasteiger partial charge in [0, 0.05) is 18.0 Å². The Hall–Kier alpha value is -2.12. The number of amides is 1. The molecule has 33 heavy (non-hydrogen) atoms. The number of nitrogens with zero attached hydrogens (tertiary/aromatic N) is 3. The van der Waals surface area contributed by atoms with Crippen LogP contribution in [0.3, 0.4) is 0 Å². The molecule has 1 amide bonds. The lowest BCUT2D eigenvalue weighted by molar-refractivity contribution is -0.130. The molecule has 1 fully saturated rings. The lowest BCUT2D eigenvalue weighted by atomic mass is 9.92. The number of thiophene rings is 1. The van der Waals surface area contributed by atoms with Crippen LogP contribution in [0.2, 0.25) is 0 Å². The summed E-state index contributed by atoms with van der Waals surface area (Å²) >= 11 is 3.05. The van der Waals surface area contributed by atoms with Crippen molar-refractivity contribution in [2.45, 2.75) is 58.5 Å². The molecule has 5 nitrogen and oxygen atoms in total. The Morgan fingerprint density at radius 1 is 1.18 bits per heavy atom. The maximum Gasteiger partial charge on any atom is 0.267 e. The van der Waals surface area contributed by atoms with E-state index in [1.807, 2.05) is 24.0 Å². The zero-order valence-corrected chi connectivity index (χ0v) is 21.4. The van der Waals surface area contributed by atoms with E-state index in [1.54, 1.807) is 15.9 Å². The van der Waals surface area contributed by atoms with E-state index in [2.05, 4.69) is 26.8 Å². The first kappa shape index (κ1) is 22.7. The summed E-state index contributed by atoms with van der Waals surface area (Å²) in [5.74, 6) is 1.49. The lowest BCUT2D eigenvalue weighted by Crippen LogP contribution is -2.43. The molecule has 0 bridgehead atoms. The number of rotatable bonds is 4. The molecule has 0 N–H and O–H groups in total. The van der Waals surface area contributed by atoms with Crippen molar-refractivity contribution in [2.24, 2.45) is 11.8 Å². The predicted molar refractivity (Wildman–Crippen MR) is 137 cm³/mol. The highest BCUT2D eigenvalue weighted by Gasteiger charge is 2.27. The number of benzene rings is 1. The zero-order valence-electron chi connectivity index (χ0n) is 19.8. The molecule has 174 valence electrons. The summed E-state index contributed by atoms with van der Waals surface area (Å²) in [5.41, 5.74) is 4.24. The number of hydrogen-bond donors (Lipinski definition) is 0. The van der Waals surface area contributed by atoms with Crippen LogP contribution in [0.4, 0.5) is 0 Å². The average Bonchev–Trinajstić information content (AvgIpc) is 3.33. The Labute approximate surface area is 203 Å². The smallest absolute Gasteiger partial charge is 0.267 e. The summed E-state index contributed by atoms with van der Waals surface area (Å²) in [5, 5.41) is 1.40. The van der Waals surface area contributed by atoms with Gasteiger partial charge in [0.1, 0.15) is 4.83 Å². The number of carbonyl (C=O) groups excluding carboxylic acids is 1. The maximum atomic E-state index is 13.9. The highest BCUT2D eigenvalue weighted by Crippen LogP contribution is 2.36. The number of hydrogen-bond acceptors (Lipinski definition) is 5. The van der Waals surface area contributed by atoms with Gasteiger partial charge in [-0.2, -0.15) is 0 Å². The maximum absolute atomic E-state index is 13.9. The quantitative estimate of drug-likeness (QED) is 0.382. The third-order valence-corrected chi connectivity index (χ3v) is 8.96. The summed E-state index contributed by atoms with van der Waals surface area (Å²) in [6, 6.07) is 6.14. The number of carbonyl (C=O) groups is 1. The third-order valence-electron chi connectivity index (χ3n) is 6.85. The van der Waals surface area contributed by atoms with E-state index in [0.717, 1.165) is 59.4 Å². The molecular weight excluding hydrogens is 450 g/mol. The largest absolute Gasteiger partial charge is 0.341 e. The first-order valence-corrected chi connectivity index (χ1v) is 13.7. The van der Waals surface area contributed by atoms with Gasteiger partial charge in [0.05, 0.1) is 16.8 Å². The minimum atomic E-state index is 0.00141. The standard InChI is InChI=1S/C26H31N3O2S2/c1-15-8-9-20(18(4)11-15)29-25(31)23-19-6-5-7-21(19)33-24(23)27-26(29)32-14-22(30)28-12-16(2)10-17(3)13-28/h8-9,11,16-17H,5-7,10,12-14H2,1-4H3/t16-,17+. The minimum Gasteiger partial charge on any atom is -0.341 e. The Bertz CT molecular complexity index is 1280.